The fourth-order valence-electron chi connectivity index (χ4n) is 1.18. The Balaban J connectivity index is 2.16. The van der Waals surface area contributed by atoms with Gasteiger partial charge in [0, 0.05) is 22.3 Å². The fraction of sp³-hybridized carbons (Fsp3) is 0.200. The molecule has 0 spiro atoms. The number of thiazole rings is 1. The summed E-state index contributed by atoms with van der Waals surface area (Å²) >= 11 is 6.62. The molecule has 1 N–H and O–H groups in total. The second kappa shape index (κ2) is 5.07. The van der Waals surface area contributed by atoms with Crippen molar-refractivity contribution in [1.82, 2.24) is 10.3 Å². The molecular weight excluding hydrogens is 308 g/mol. The van der Waals surface area contributed by atoms with Crippen LogP contribution in [0, 0.1) is 0 Å². The van der Waals surface area contributed by atoms with E-state index in [4.69, 9.17) is 0 Å². The van der Waals surface area contributed by atoms with Gasteiger partial charge in [-0.1, -0.05) is 0 Å². The quantitative estimate of drug-likeness (QED) is 0.946. The highest BCUT2D eigenvalue weighted by Gasteiger charge is 2.09. The van der Waals surface area contributed by atoms with Crippen LogP contribution in [-0.4, -0.2) is 17.9 Å². The number of hydrogen-bond donors (Lipinski definition) is 1. The van der Waals surface area contributed by atoms with E-state index in [-0.39, 0.29) is 5.91 Å². The molecule has 0 aliphatic rings. The van der Waals surface area contributed by atoms with Gasteiger partial charge in [-0.25, -0.2) is 4.98 Å². The van der Waals surface area contributed by atoms with Gasteiger partial charge in [-0.3, -0.25) is 4.79 Å². The van der Waals surface area contributed by atoms with E-state index in [0.717, 1.165) is 20.1 Å². The summed E-state index contributed by atoms with van der Waals surface area (Å²) in [5.41, 5.74) is 0.823. The van der Waals surface area contributed by atoms with Gasteiger partial charge in [0.1, 0.15) is 5.01 Å². The lowest BCUT2D eigenvalue weighted by atomic mass is 10.3. The van der Waals surface area contributed by atoms with Crippen LogP contribution in [0.4, 0.5) is 0 Å². The number of carbonyl (C=O) groups excluding carboxylic acids is 1. The lowest BCUT2D eigenvalue weighted by Crippen LogP contribution is -2.19. The van der Waals surface area contributed by atoms with Gasteiger partial charge in [0.05, 0.1) is 17.0 Å². The normalized spacial score (nSPS) is 10.4. The molecule has 0 saturated heterocycles. The number of halogens is 1. The van der Waals surface area contributed by atoms with Crippen LogP contribution in [0.15, 0.2) is 21.3 Å². The van der Waals surface area contributed by atoms with Gasteiger partial charge < -0.3 is 5.32 Å². The third-order valence-corrected chi connectivity index (χ3v) is 4.70. The molecule has 1 amide bonds. The van der Waals surface area contributed by atoms with Crippen LogP contribution < -0.4 is 5.32 Å². The summed E-state index contributed by atoms with van der Waals surface area (Å²) in [4.78, 5) is 16.7. The minimum atomic E-state index is -0.00999. The van der Waals surface area contributed by atoms with E-state index < -0.39 is 0 Å². The van der Waals surface area contributed by atoms with Crippen LogP contribution >= 0.6 is 38.6 Å². The molecule has 0 aromatic carbocycles. The Bertz CT molecular complexity index is 506. The highest BCUT2D eigenvalue weighted by Crippen LogP contribution is 2.31. The Kier molecular flexibility index (Phi) is 3.73. The van der Waals surface area contributed by atoms with Crippen LogP contribution in [0.1, 0.15) is 5.69 Å². The molecule has 6 heteroatoms. The molecule has 16 heavy (non-hydrogen) atoms. The predicted octanol–water partition coefficient (Wildman–Crippen LogP) is 2.92. The number of rotatable bonds is 3. The van der Waals surface area contributed by atoms with Crippen molar-refractivity contribution in [1.29, 1.82) is 0 Å². The van der Waals surface area contributed by atoms with Crippen molar-refractivity contribution in [2.24, 2.45) is 0 Å². The Morgan fingerprint density at radius 1 is 1.50 bits per heavy atom. The average Bonchev–Trinajstić information content (AvgIpc) is 2.87. The summed E-state index contributed by atoms with van der Waals surface area (Å²) in [6.45, 7) is 0. The summed E-state index contributed by atoms with van der Waals surface area (Å²) in [6.07, 6.45) is 0.347. The number of nitrogens with zero attached hydrogens (tertiary/aromatic N) is 1. The molecule has 84 valence electrons. The molecule has 0 radical (unpaired) electrons. The molecule has 2 heterocycles. The first-order valence-corrected chi connectivity index (χ1v) is 7.13. The maximum absolute atomic E-state index is 11.2. The number of carbonyl (C=O) groups is 1. The summed E-state index contributed by atoms with van der Waals surface area (Å²) in [5, 5.41) is 7.51. The van der Waals surface area contributed by atoms with Crippen LogP contribution in [0.3, 0.4) is 0 Å². The van der Waals surface area contributed by atoms with E-state index in [1.807, 2.05) is 16.8 Å². The third-order valence-electron chi connectivity index (χ3n) is 1.95. The number of amides is 1. The van der Waals surface area contributed by atoms with Gasteiger partial charge in [0.2, 0.25) is 5.91 Å². The first kappa shape index (κ1) is 11.8. The molecule has 2 aromatic rings. The highest BCUT2D eigenvalue weighted by atomic mass is 79.9. The Morgan fingerprint density at radius 3 is 2.94 bits per heavy atom. The molecule has 0 saturated carbocycles. The zero-order valence-corrected chi connectivity index (χ0v) is 11.7. The van der Waals surface area contributed by atoms with Crippen LogP contribution in [0.25, 0.3) is 9.88 Å². The first-order valence-electron chi connectivity index (χ1n) is 4.58. The van der Waals surface area contributed by atoms with Gasteiger partial charge in [0.15, 0.2) is 0 Å². The molecule has 0 aliphatic carbocycles. The van der Waals surface area contributed by atoms with Gasteiger partial charge in [-0.15, -0.1) is 22.7 Å². The molecule has 0 atom stereocenters. The minimum Gasteiger partial charge on any atom is -0.359 e. The van der Waals surface area contributed by atoms with Gasteiger partial charge >= 0.3 is 0 Å². The standard InChI is InChI=1S/C10H9BrN2OS2/c1-12-9(14)3-7-5-16-10(13-7)8-2-6(11)4-15-8/h2,4-5H,3H2,1H3,(H,12,14). The number of hydrogen-bond acceptors (Lipinski definition) is 4. The van der Waals surface area contributed by atoms with E-state index in [1.54, 1.807) is 29.7 Å². The molecule has 2 aromatic heterocycles. The number of likely N-dealkylation sites (N-methyl/N-ethyl adjacent to an activating group) is 1. The van der Waals surface area contributed by atoms with E-state index in [2.05, 4.69) is 26.2 Å². The Hall–Kier alpha value is -0.720. The van der Waals surface area contributed by atoms with Crippen LogP contribution in [0.5, 0.6) is 0 Å². The molecule has 0 bridgehead atoms. The van der Waals surface area contributed by atoms with Gasteiger partial charge in [0.25, 0.3) is 0 Å². The van der Waals surface area contributed by atoms with Crippen molar-refractivity contribution in [2.75, 3.05) is 7.05 Å². The van der Waals surface area contributed by atoms with Crippen LogP contribution in [0.2, 0.25) is 0 Å². The predicted molar refractivity (Wildman–Crippen MR) is 70.9 cm³/mol. The zero-order chi connectivity index (χ0) is 11.5. The maximum atomic E-state index is 11.2. The number of nitrogens with one attached hydrogen (secondary N) is 1. The second-order valence-corrected chi connectivity index (χ2v) is 5.81. The average molecular weight is 317 g/mol. The zero-order valence-electron chi connectivity index (χ0n) is 8.49. The summed E-state index contributed by atoms with van der Waals surface area (Å²) in [5.74, 6) is -0.00999. The largest absolute Gasteiger partial charge is 0.359 e. The summed E-state index contributed by atoms with van der Waals surface area (Å²) in [7, 11) is 1.63. The van der Waals surface area contributed by atoms with E-state index in [0.29, 0.717) is 6.42 Å². The van der Waals surface area contributed by atoms with Crippen molar-refractivity contribution in [3.8, 4) is 9.88 Å². The minimum absolute atomic E-state index is 0.00999. The molecule has 3 nitrogen and oxygen atoms in total. The van der Waals surface area contributed by atoms with Crippen molar-refractivity contribution in [3.63, 3.8) is 0 Å². The Labute approximate surface area is 110 Å². The summed E-state index contributed by atoms with van der Waals surface area (Å²) < 4.78 is 1.07. The number of thiophene rings is 1. The topological polar surface area (TPSA) is 42.0 Å². The Morgan fingerprint density at radius 2 is 2.31 bits per heavy atom. The lowest BCUT2D eigenvalue weighted by molar-refractivity contribution is -0.120. The first-order chi connectivity index (χ1) is 7.69. The fourth-order valence-corrected chi connectivity index (χ4v) is 3.51. The highest BCUT2D eigenvalue weighted by molar-refractivity contribution is 9.10. The molecule has 2 rings (SSSR count). The molecular formula is C10H9BrN2OS2. The molecule has 0 unspecified atom stereocenters. The van der Waals surface area contributed by atoms with Crippen LogP contribution in [-0.2, 0) is 11.2 Å². The lowest BCUT2D eigenvalue weighted by Gasteiger charge is -1.94. The SMILES string of the molecule is CNC(=O)Cc1csc(-c2cc(Br)cs2)n1. The monoisotopic (exact) mass is 316 g/mol. The van der Waals surface area contributed by atoms with Crippen molar-refractivity contribution < 1.29 is 4.79 Å². The smallest absolute Gasteiger partial charge is 0.225 e. The molecule has 0 aliphatic heterocycles. The van der Waals surface area contributed by atoms with E-state index in [1.165, 1.54) is 0 Å². The maximum Gasteiger partial charge on any atom is 0.225 e. The van der Waals surface area contributed by atoms with Gasteiger partial charge in [-0.05, 0) is 22.0 Å². The van der Waals surface area contributed by atoms with E-state index >= 15 is 0 Å². The van der Waals surface area contributed by atoms with E-state index in [9.17, 15) is 4.79 Å². The number of aromatic nitrogens is 1. The van der Waals surface area contributed by atoms with Crippen molar-refractivity contribution in [3.05, 3.63) is 27.0 Å². The second-order valence-electron chi connectivity index (χ2n) is 3.12. The van der Waals surface area contributed by atoms with Crippen molar-refractivity contribution >= 4 is 44.5 Å². The van der Waals surface area contributed by atoms with Crippen molar-refractivity contribution in [2.45, 2.75) is 6.42 Å². The summed E-state index contributed by atoms with van der Waals surface area (Å²) in [6, 6.07) is 2.03. The molecule has 0 fully saturated rings. The third kappa shape index (κ3) is 2.69. The van der Waals surface area contributed by atoms with Gasteiger partial charge in [-0.2, -0.15) is 0 Å².